The van der Waals surface area contributed by atoms with Gasteiger partial charge in [0, 0.05) is 11.8 Å². The van der Waals surface area contributed by atoms with Crippen molar-refractivity contribution >= 4 is 5.69 Å². The number of aromatic amines is 1. The van der Waals surface area contributed by atoms with Crippen LogP contribution in [0.25, 0.3) is 22.8 Å². The molecule has 0 radical (unpaired) electrons. The number of pyridine rings is 1. The zero-order chi connectivity index (χ0) is 19.2. The van der Waals surface area contributed by atoms with Gasteiger partial charge in [0.2, 0.25) is 11.6 Å². The number of aromatic nitrogens is 3. The first-order valence-corrected chi connectivity index (χ1v) is 7.45. The van der Waals surface area contributed by atoms with Gasteiger partial charge in [-0.05, 0) is 38.0 Å². The quantitative estimate of drug-likeness (QED) is 0.366. The second-order valence-corrected chi connectivity index (χ2v) is 5.75. The van der Waals surface area contributed by atoms with E-state index >= 15 is 0 Å². The number of nitrogens with one attached hydrogen (secondary N) is 1. The number of nitro benzene ring substituents is 1. The van der Waals surface area contributed by atoms with Crippen LogP contribution in [0.15, 0.2) is 21.5 Å². The largest absolute Gasteiger partial charge is 0.504 e. The van der Waals surface area contributed by atoms with Crippen LogP contribution in [0, 0.1) is 30.9 Å². The van der Waals surface area contributed by atoms with Crippen LogP contribution in [0.4, 0.5) is 5.69 Å². The Bertz CT molecular complexity index is 1100. The van der Waals surface area contributed by atoms with Crippen molar-refractivity contribution in [2.24, 2.45) is 0 Å². The number of nitro groups is 1. The van der Waals surface area contributed by atoms with E-state index in [-0.39, 0.29) is 22.8 Å². The molecule has 3 rings (SSSR count). The molecule has 134 valence electrons. The monoisotopic (exact) mass is 358 g/mol. The standard InChI is InChI=1S/C16H14N4O6/c1-6-7(2)12(15(23)17-8(6)3)14-18-16(26-19-14)9-4-10(20(24)25)13(22)11(21)5-9/h4-5,21-22H,1-3H3,(H,17,23). The summed E-state index contributed by atoms with van der Waals surface area (Å²) in [7, 11) is 0. The molecule has 0 aliphatic heterocycles. The summed E-state index contributed by atoms with van der Waals surface area (Å²) in [6, 6.07) is 2.04. The maximum Gasteiger partial charge on any atom is 0.315 e. The van der Waals surface area contributed by atoms with E-state index in [0.717, 1.165) is 23.4 Å². The third kappa shape index (κ3) is 2.66. The molecule has 0 bridgehead atoms. The van der Waals surface area contributed by atoms with Crippen LogP contribution in [0.3, 0.4) is 0 Å². The van der Waals surface area contributed by atoms with Gasteiger partial charge in [-0.2, -0.15) is 4.98 Å². The number of rotatable bonds is 3. The van der Waals surface area contributed by atoms with Gasteiger partial charge in [0.15, 0.2) is 5.75 Å². The first-order valence-electron chi connectivity index (χ1n) is 7.45. The average molecular weight is 358 g/mol. The van der Waals surface area contributed by atoms with Crippen molar-refractivity contribution in [2.45, 2.75) is 20.8 Å². The molecule has 10 heteroatoms. The Kier molecular flexibility index (Phi) is 3.95. The SMILES string of the molecule is Cc1[nH]c(=O)c(-c2noc(-c3cc(O)c(O)c([N+](=O)[O-])c3)n2)c(C)c1C. The third-order valence-electron chi connectivity index (χ3n) is 4.19. The summed E-state index contributed by atoms with van der Waals surface area (Å²) in [6.45, 7) is 5.36. The maximum atomic E-state index is 12.3. The highest BCUT2D eigenvalue weighted by Crippen LogP contribution is 2.39. The number of benzene rings is 1. The molecule has 0 atom stereocenters. The average Bonchev–Trinajstić information content (AvgIpc) is 3.04. The lowest BCUT2D eigenvalue weighted by Crippen LogP contribution is -2.14. The van der Waals surface area contributed by atoms with E-state index in [1.807, 2.05) is 6.92 Å². The third-order valence-corrected chi connectivity index (χ3v) is 4.19. The Balaban J connectivity index is 2.15. The second-order valence-electron chi connectivity index (χ2n) is 5.75. The van der Waals surface area contributed by atoms with Crippen LogP contribution in [0.2, 0.25) is 0 Å². The summed E-state index contributed by atoms with van der Waals surface area (Å²) < 4.78 is 5.09. The Hall–Kier alpha value is -3.69. The van der Waals surface area contributed by atoms with Crippen LogP contribution >= 0.6 is 0 Å². The van der Waals surface area contributed by atoms with Gasteiger partial charge in [0.1, 0.15) is 0 Å². The second kappa shape index (κ2) is 5.99. The molecule has 0 aliphatic rings. The van der Waals surface area contributed by atoms with Crippen molar-refractivity contribution in [2.75, 3.05) is 0 Å². The topological polar surface area (TPSA) is 155 Å². The van der Waals surface area contributed by atoms with Crippen molar-refractivity contribution < 1.29 is 19.7 Å². The lowest BCUT2D eigenvalue weighted by atomic mass is 10.0. The Morgan fingerprint density at radius 3 is 2.54 bits per heavy atom. The molecule has 2 aromatic heterocycles. The molecule has 0 saturated carbocycles. The summed E-state index contributed by atoms with van der Waals surface area (Å²) in [5.74, 6) is -1.69. The van der Waals surface area contributed by atoms with Crippen molar-refractivity contribution in [3.63, 3.8) is 0 Å². The number of nitrogens with zero attached hydrogens (tertiary/aromatic N) is 3. The van der Waals surface area contributed by atoms with E-state index in [9.17, 15) is 25.1 Å². The Morgan fingerprint density at radius 2 is 1.88 bits per heavy atom. The van der Waals surface area contributed by atoms with Crippen LogP contribution in [-0.4, -0.2) is 30.3 Å². The molecule has 0 unspecified atom stereocenters. The molecular weight excluding hydrogens is 344 g/mol. The van der Waals surface area contributed by atoms with Gasteiger partial charge >= 0.3 is 5.69 Å². The van der Waals surface area contributed by atoms with E-state index in [1.54, 1.807) is 13.8 Å². The van der Waals surface area contributed by atoms with E-state index in [4.69, 9.17) is 4.52 Å². The molecule has 0 fully saturated rings. The maximum absolute atomic E-state index is 12.3. The summed E-state index contributed by atoms with van der Waals surface area (Å²) in [5.41, 5.74) is 1.42. The predicted molar refractivity (Wildman–Crippen MR) is 90.0 cm³/mol. The van der Waals surface area contributed by atoms with Crippen LogP contribution in [0.1, 0.15) is 16.8 Å². The lowest BCUT2D eigenvalue weighted by molar-refractivity contribution is -0.385. The molecule has 1 aromatic carbocycles. The zero-order valence-corrected chi connectivity index (χ0v) is 14.0. The van der Waals surface area contributed by atoms with E-state index in [1.165, 1.54) is 0 Å². The predicted octanol–water partition coefficient (Wildman–Crippen LogP) is 2.34. The fourth-order valence-corrected chi connectivity index (χ4v) is 2.54. The van der Waals surface area contributed by atoms with Crippen LogP contribution in [0.5, 0.6) is 11.5 Å². The molecule has 3 aromatic rings. The number of hydrogen-bond acceptors (Lipinski definition) is 8. The summed E-state index contributed by atoms with van der Waals surface area (Å²) in [4.78, 5) is 29.2. The van der Waals surface area contributed by atoms with Gasteiger partial charge in [-0.15, -0.1) is 0 Å². The molecule has 26 heavy (non-hydrogen) atoms. The molecule has 0 aliphatic carbocycles. The minimum absolute atomic E-state index is 0.0112. The summed E-state index contributed by atoms with van der Waals surface area (Å²) in [6.07, 6.45) is 0. The van der Waals surface area contributed by atoms with Gasteiger partial charge in [0.25, 0.3) is 11.4 Å². The molecule has 0 saturated heterocycles. The molecule has 0 amide bonds. The van der Waals surface area contributed by atoms with Crippen LogP contribution in [-0.2, 0) is 0 Å². The minimum atomic E-state index is -0.861. The van der Waals surface area contributed by atoms with Gasteiger partial charge in [-0.3, -0.25) is 14.9 Å². The highest BCUT2D eigenvalue weighted by atomic mass is 16.6. The van der Waals surface area contributed by atoms with Crippen LogP contribution < -0.4 is 5.56 Å². The first-order chi connectivity index (χ1) is 12.2. The van der Waals surface area contributed by atoms with E-state index < -0.39 is 27.7 Å². The highest BCUT2D eigenvalue weighted by molar-refractivity contribution is 5.69. The van der Waals surface area contributed by atoms with Gasteiger partial charge in [-0.1, -0.05) is 5.16 Å². The number of hydrogen-bond donors (Lipinski definition) is 3. The van der Waals surface area contributed by atoms with Crippen molar-refractivity contribution in [3.05, 3.63) is 49.4 Å². The Morgan fingerprint density at radius 1 is 1.19 bits per heavy atom. The van der Waals surface area contributed by atoms with E-state index in [2.05, 4.69) is 15.1 Å². The number of phenols is 2. The highest BCUT2D eigenvalue weighted by Gasteiger charge is 2.23. The van der Waals surface area contributed by atoms with Crippen molar-refractivity contribution in [1.29, 1.82) is 0 Å². The normalized spacial score (nSPS) is 10.9. The molecule has 3 N–H and O–H groups in total. The summed E-state index contributed by atoms with van der Waals surface area (Å²) in [5, 5.41) is 33.9. The number of aromatic hydroxyl groups is 2. The number of aryl methyl sites for hydroxylation is 1. The lowest BCUT2D eigenvalue weighted by Gasteiger charge is -2.07. The molecule has 0 spiro atoms. The van der Waals surface area contributed by atoms with Crippen molar-refractivity contribution in [1.82, 2.24) is 15.1 Å². The van der Waals surface area contributed by atoms with Crippen molar-refractivity contribution in [3.8, 4) is 34.3 Å². The number of H-pyrrole nitrogens is 1. The first kappa shape index (κ1) is 17.1. The smallest absolute Gasteiger partial charge is 0.315 e. The van der Waals surface area contributed by atoms with Gasteiger partial charge in [-0.25, -0.2) is 0 Å². The minimum Gasteiger partial charge on any atom is -0.504 e. The Labute approximate surface area is 145 Å². The molecule has 10 nitrogen and oxygen atoms in total. The summed E-state index contributed by atoms with van der Waals surface area (Å²) >= 11 is 0. The fraction of sp³-hybridized carbons (Fsp3) is 0.188. The van der Waals surface area contributed by atoms with Gasteiger partial charge in [0.05, 0.1) is 16.1 Å². The fourth-order valence-electron chi connectivity index (χ4n) is 2.54. The molecule has 2 heterocycles. The van der Waals surface area contributed by atoms with E-state index in [0.29, 0.717) is 5.56 Å². The zero-order valence-electron chi connectivity index (χ0n) is 14.0. The van der Waals surface area contributed by atoms with Gasteiger partial charge < -0.3 is 19.7 Å². The number of phenolic OH excluding ortho intramolecular Hbond substituents is 2. The molecular formula is C16H14N4O6.